The first-order valence-electron chi connectivity index (χ1n) is 8.15. The van der Waals surface area contributed by atoms with Gasteiger partial charge in [-0.05, 0) is 61.9 Å². The van der Waals surface area contributed by atoms with Crippen LogP contribution in [0.1, 0.15) is 57.7 Å². The molecule has 0 fully saturated rings. The van der Waals surface area contributed by atoms with Gasteiger partial charge in [0, 0.05) is 6.04 Å². The van der Waals surface area contributed by atoms with Gasteiger partial charge in [0.1, 0.15) is 12.4 Å². The van der Waals surface area contributed by atoms with Gasteiger partial charge in [0.25, 0.3) is 0 Å². The largest absolute Gasteiger partial charge is 0.491 e. The van der Waals surface area contributed by atoms with Gasteiger partial charge in [0.15, 0.2) is 0 Å². The summed E-state index contributed by atoms with van der Waals surface area (Å²) >= 11 is 0. The number of aryl methyl sites for hydroxylation is 1. The normalized spacial score (nSPS) is 21.0. The summed E-state index contributed by atoms with van der Waals surface area (Å²) in [5, 5.41) is 13.8. The van der Waals surface area contributed by atoms with Crippen molar-refractivity contribution in [1.29, 1.82) is 0 Å². The van der Waals surface area contributed by atoms with Gasteiger partial charge in [-0.1, -0.05) is 26.8 Å². The highest BCUT2D eigenvalue weighted by Crippen LogP contribution is 2.32. The van der Waals surface area contributed by atoms with Gasteiger partial charge in [-0.3, -0.25) is 0 Å². The molecule has 0 spiro atoms. The fourth-order valence-corrected chi connectivity index (χ4v) is 2.74. The quantitative estimate of drug-likeness (QED) is 0.843. The molecule has 2 N–H and O–H groups in total. The molecule has 0 saturated carbocycles. The molecule has 2 unspecified atom stereocenters. The first kappa shape index (κ1) is 16.3. The molecule has 2 rings (SSSR count). The van der Waals surface area contributed by atoms with E-state index in [0.717, 1.165) is 18.7 Å². The van der Waals surface area contributed by atoms with E-state index in [1.807, 2.05) is 26.8 Å². The Kier molecular flexibility index (Phi) is 5.28. The highest BCUT2D eigenvalue weighted by Gasteiger charge is 2.26. The number of ether oxygens (including phenoxy) is 1. The van der Waals surface area contributed by atoms with E-state index in [9.17, 15) is 5.11 Å². The van der Waals surface area contributed by atoms with E-state index in [4.69, 9.17) is 4.74 Å². The van der Waals surface area contributed by atoms with Crippen molar-refractivity contribution in [2.45, 2.75) is 58.6 Å². The summed E-state index contributed by atoms with van der Waals surface area (Å²) in [6, 6.07) is 6.84. The van der Waals surface area contributed by atoms with Crippen LogP contribution in [0.5, 0.6) is 5.75 Å². The van der Waals surface area contributed by atoms with Crippen molar-refractivity contribution in [3.05, 3.63) is 29.3 Å². The number of fused-ring (bicyclic) bond motifs is 1. The van der Waals surface area contributed by atoms with E-state index in [1.165, 1.54) is 24.0 Å². The SMILES string of the molecule is CCNC1CCCc2cc(OCC(C)(O)C(C)C)ccc21. The van der Waals surface area contributed by atoms with Crippen LogP contribution in [0, 0.1) is 5.92 Å². The van der Waals surface area contributed by atoms with E-state index in [-0.39, 0.29) is 5.92 Å². The topological polar surface area (TPSA) is 41.5 Å². The van der Waals surface area contributed by atoms with Gasteiger partial charge >= 0.3 is 0 Å². The number of aliphatic hydroxyl groups is 1. The van der Waals surface area contributed by atoms with Crippen molar-refractivity contribution in [3.63, 3.8) is 0 Å². The zero-order valence-electron chi connectivity index (χ0n) is 13.8. The van der Waals surface area contributed by atoms with Crippen molar-refractivity contribution in [2.24, 2.45) is 5.92 Å². The summed E-state index contributed by atoms with van der Waals surface area (Å²) in [6.07, 6.45) is 3.55. The van der Waals surface area contributed by atoms with Crippen LogP contribution in [0.4, 0.5) is 0 Å². The molecular formula is C18H29NO2. The minimum atomic E-state index is -0.789. The Bertz CT molecular complexity index is 468. The second-order valence-corrected chi connectivity index (χ2v) is 6.66. The first-order valence-corrected chi connectivity index (χ1v) is 8.15. The molecule has 0 aromatic heterocycles. The lowest BCUT2D eigenvalue weighted by atomic mass is 9.87. The predicted molar refractivity (Wildman–Crippen MR) is 86.8 cm³/mol. The minimum Gasteiger partial charge on any atom is -0.491 e. The maximum absolute atomic E-state index is 10.3. The van der Waals surface area contributed by atoms with Crippen LogP contribution in [-0.2, 0) is 6.42 Å². The summed E-state index contributed by atoms with van der Waals surface area (Å²) < 4.78 is 5.82. The zero-order valence-corrected chi connectivity index (χ0v) is 13.8. The molecule has 3 heteroatoms. The summed E-state index contributed by atoms with van der Waals surface area (Å²) in [5.41, 5.74) is 2.00. The molecule has 0 amide bonds. The average Bonchev–Trinajstić information content (AvgIpc) is 2.45. The molecule has 0 radical (unpaired) electrons. The highest BCUT2D eigenvalue weighted by molar-refractivity contribution is 5.39. The lowest BCUT2D eigenvalue weighted by Gasteiger charge is -2.29. The van der Waals surface area contributed by atoms with E-state index < -0.39 is 5.60 Å². The molecule has 21 heavy (non-hydrogen) atoms. The van der Waals surface area contributed by atoms with Crippen molar-refractivity contribution in [1.82, 2.24) is 5.32 Å². The third-order valence-electron chi connectivity index (χ3n) is 4.65. The minimum absolute atomic E-state index is 0.174. The van der Waals surface area contributed by atoms with Crippen LogP contribution in [0.3, 0.4) is 0 Å². The smallest absolute Gasteiger partial charge is 0.119 e. The van der Waals surface area contributed by atoms with Gasteiger partial charge in [-0.25, -0.2) is 0 Å². The van der Waals surface area contributed by atoms with E-state index in [1.54, 1.807) is 0 Å². The fourth-order valence-electron chi connectivity index (χ4n) is 2.74. The Balaban J connectivity index is 2.07. The van der Waals surface area contributed by atoms with Crippen molar-refractivity contribution in [2.75, 3.05) is 13.2 Å². The zero-order chi connectivity index (χ0) is 15.5. The summed E-state index contributed by atoms with van der Waals surface area (Å²) in [4.78, 5) is 0. The van der Waals surface area contributed by atoms with Gasteiger partial charge < -0.3 is 15.2 Å². The van der Waals surface area contributed by atoms with E-state index in [2.05, 4.69) is 24.4 Å². The van der Waals surface area contributed by atoms with E-state index >= 15 is 0 Å². The standard InChI is InChI=1S/C18H29NO2/c1-5-19-17-8-6-7-14-11-15(9-10-16(14)17)21-12-18(4,20)13(2)3/h9-11,13,17,19-20H,5-8,12H2,1-4H3. The van der Waals surface area contributed by atoms with Crippen molar-refractivity contribution >= 4 is 0 Å². The molecule has 0 bridgehead atoms. The second kappa shape index (κ2) is 6.80. The third kappa shape index (κ3) is 3.98. The van der Waals surface area contributed by atoms with Gasteiger partial charge in [0.2, 0.25) is 0 Å². The fraction of sp³-hybridized carbons (Fsp3) is 0.667. The van der Waals surface area contributed by atoms with Crippen LogP contribution >= 0.6 is 0 Å². The molecule has 1 aliphatic rings. The monoisotopic (exact) mass is 291 g/mol. The molecule has 3 nitrogen and oxygen atoms in total. The first-order chi connectivity index (χ1) is 9.94. The predicted octanol–water partition coefficient (Wildman–Crippen LogP) is 3.46. The number of hydrogen-bond acceptors (Lipinski definition) is 3. The molecule has 0 aliphatic heterocycles. The van der Waals surface area contributed by atoms with Crippen molar-refractivity contribution in [3.8, 4) is 5.75 Å². The number of rotatable bonds is 6. The van der Waals surface area contributed by atoms with Crippen LogP contribution in [0.15, 0.2) is 18.2 Å². The number of hydrogen-bond donors (Lipinski definition) is 2. The molecular weight excluding hydrogens is 262 g/mol. The van der Waals surface area contributed by atoms with Gasteiger partial charge in [-0.15, -0.1) is 0 Å². The number of benzene rings is 1. The van der Waals surface area contributed by atoms with Gasteiger partial charge in [-0.2, -0.15) is 0 Å². The summed E-state index contributed by atoms with van der Waals surface area (Å²) in [7, 11) is 0. The molecule has 1 aromatic carbocycles. The molecule has 1 aliphatic carbocycles. The molecule has 0 saturated heterocycles. The molecule has 0 heterocycles. The molecule has 2 atom stereocenters. The number of nitrogens with one attached hydrogen (secondary N) is 1. The van der Waals surface area contributed by atoms with Crippen LogP contribution in [-0.4, -0.2) is 23.9 Å². The van der Waals surface area contributed by atoms with Gasteiger partial charge in [0.05, 0.1) is 5.60 Å². The maximum Gasteiger partial charge on any atom is 0.119 e. The Morgan fingerprint density at radius 2 is 2.19 bits per heavy atom. The highest BCUT2D eigenvalue weighted by atomic mass is 16.5. The Labute approximate surface area is 128 Å². The molecule has 118 valence electrons. The maximum atomic E-state index is 10.3. The Hall–Kier alpha value is -1.06. The van der Waals surface area contributed by atoms with Crippen LogP contribution in [0.2, 0.25) is 0 Å². The lowest BCUT2D eigenvalue weighted by Crippen LogP contribution is -2.37. The summed E-state index contributed by atoms with van der Waals surface area (Å²) in [6.45, 7) is 9.34. The molecule has 1 aromatic rings. The summed E-state index contributed by atoms with van der Waals surface area (Å²) in [5.74, 6) is 1.04. The second-order valence-electron chi connectivity index (χ2n) is 6.66. The third-order valence-corrected chi connectivity index (χ3v) is 4.65. The lowest BCUT2D eigenvalue weighted by molar-refractivity contribution is -0.0266. The van der Waals surface area contributed by atoms with Crippen molar-refractivity contribution < 1.29 is 9.84 Å². The Morgan fingerprint density at radius 3 is 2.86 bits per heavy atom. The average molecular weight is 291 g/mol. The van der Waals surface area contributed by atoms with Crippen LogP contribution in [0.25, 0.3) is 0 Å². The van der Waals surface area contributed by atoms with E-state index in [0.29, 0.717) is 12.6 Å². The Morgan fingerprint density at radius 1 is 1.43 bits per heavy atom. The van der Waals surface area contributed by atoms with Crippen LogP contribution < -0.4 is 10.1 Å².